The molecule has 0 amide bonds. The minimum absolute atomic E-state index is 0. The largest absolute Gasteiger partial charge is 0.315 e. The Kier molecular flexibility index (Phi) is 11.1. The lowest BCUT2D eigenvalue weighted by atomic mass is 10.2. The molecule has 1 saturated heterocycles. The number of likely N-dealkylation sites (tertiary alicyclic amines) is 1. The van der Waals surface area contributed by atoms with Crippen LogP contribution in [0.25, 0.3) is 0 Å². The van der Waals surface area contributed by atoms with Crippen LogP contribution in [0.4, 0.5) is 0 Å². The summed E-state index contributed by atoms with van der Waals surface area (Å²) in [5, 5.41) is 3.53. The second-order valence-electron chi connectivity index (χ2n) is 4.94. The van der Waals surface area contributed by atoms with Crippen molar-refractivity contribution in [3.8, 4) is 0 Å². The molecule has 0 aromatic rings. The first-order valence-corrected chi connectivity index (χ1v) is 7.41. The van der Waals surface area contributed by atoms with Gasteiger partial charge in [-0.2, -0.15) is 0 Å². The van der Waals surface area contributed by atoms with Gasteiger partial charge in [0.15, 0.2) is 0 Å². The maximum absolute atomic E-state index is 3.53. The molecule has 0 spiro atoms. The molecule has 0 radical (unpaired) electrons. The Morgan fingerprint density at radius 3 is 2.67 bits per heavy atom. The van der Waals surface area contributed by atoms with E-state index >= 15 is 0 Å². The Hall–Kier alpha value is -0.600. The van der Waals surface area contributed by atoms with Gasteiger partial charge in [0.05, 0.1) is 0 Å². The maximum atomic E-state index is 3.53. The Morgan fingerprint density at radius 2 is 2.11 bits per heavy atom. The van der Waals surface area contributed by atoms with E-state index in [2.05, 4.69) is 49.3 Å². The van der Waals surface area contributed by atoms with Crippen molar-refractivity contribution in [3.05, 3.63) is 23.8 Å². The highest BCUT2D eigenvalue weighted by Crippen LogP contribution is 2.13. The summed E-state index contributed by atoms with van der Waals surface area (Å²) < 4.78 is 0. The number of allylic oxidation sites excluding steroid dienone is 3. The number of rotatable bonds is 6. The highest BCUT2D eigenvalue weighted by atomic mass is 15.2. The number of hydrogen-bond donors (Lipinski definition) is 1. The highest BCUT2D eigenvalue weighted by molar-refractivity contribution is 5.08. The van der Waals surface area contributed by atoms with E-state index < -0.39 is 0 Å². The van der Waals surface area contributed by atoms with Crippen LogP contribution in [-0.4, -0.2) is 37.6 Å². The molecule has 0 aromatic heterocycles. The quantitative estimate of drug-likeness (QED) is 0.572. The molecule has 1 rings (SSSR count). The van der Waals surface area contributed by atoms with Crippen molar-refractivity contribution >= 4 is 0 Å². The number of nitrogens with zero attached hydrogens (tertiary/aromatic N) is 1. The van der Waals surface area contributed by atoms with E-state index in [0.29, 0.717) is 0 Å². The maximum Gasteiger partial charge on any atom is 0.0218 e. The van der Waals surface area contributed by atoms with Gasteiger partial charge in [-0.3, -0.25) is 0 Å². The lowest BCUT2D eigenvalue weighted by Gasteiger charge is -2.19. The number of nitrogens with one attached hydrogen (secondary N) is 1. The van der Waals surface area contributed by atoms with Crippen molar-refractivity contribution in [1.82, 2.24) is 10.2 Å². The van der Waals surface area contributed by atoms with Gasteiger partial charge in [0.2, 0.25) is 0 Å². The van der Waals surface area contributed by atoms with E-state index in [1.807, 2.05) is 13.8 Å². The van der Waals surface area contributed by atoms with Gasteiger partial charge >= 0.3 is 0 Å². The first-order valence-electron chi connectivity index (χ1n) is 7.41. The Bertz CT molecular complexity index is 245. The zero-order valence-electron chi connectivity index (χ0n) is 13.0. The van der Waals surface area contributed by atoms with Gasteiger partial charge in [-0.05, 0) is 53.2 Å². The van der Waals surface area contributed by atoms with Crippen LogP contribution in [0.5, 0.6) is 0 Å². The summed E-state index contributed by atoms with van der Waals surface area (Å²) in [7, 11) is 2.23. The number of likely N-dealkylation sites (N-methyl/N-ethyl adjacent to an activating group) is 1. The fourth-order valence-corrected chi connectivity index (χ4v) is 2.05. The average Bonchev–Trinajstić information content (AvgIpc) is 2.76. The normalized spacial score (nSPS) is 19.7. The van der Waals surface area contributed by atoms with Gasteiger partial charge < -0.3 is 10.2 Å². The second kappa shape index (κ2) is 11.5. The SMILES string of the molecule is CC.CC(C)=C/C=C\CCNCC1CCCN1C.[HH]. The van der Waals surface area contributed by atoms with E-state index in [-0.39, 0.29) is 1.43 Å². The molecule has 1 atom stereocenters. The first-order chi connectivity index (χ1) is 8.70. The molecule has 1 aliphatic heterocycles. The molecular formula is C16H34N2. The van der Waals surface area contributed by atoms with Crippen LogP contribution in [0.15, 0.2) is 23.8 Å². The fourth-order valence-electron chi connectivity index (χ4n) is 2.05. The van der Waals surface area contributed by atoms with Crippen molar-refractivity contribution in [2.24, 2.45) is 0 Å². The summed E-state index contributed by atoms with van der Waals surface area (Å²) in [6, 6.07) is 0.766. The first kappa shape index (κ1) is 17.4. The zero-order chi connectivity index (χ0) is 13.8. The standard InChI is InChI=1S/C14H26N2.C2H6.H2/c1-13(2)8-5-4-6-10-15-12-14-9-7-11-16(14)3;1-2;/h4-5,8,14-15H,6-7,9-12H2,1-3H3;1-2H3;1H/b5-4-;;. The predicted molar refractivity (Wildman–Crippen MR) is 85.2 cm³/mol. The molecule has 1 heterocycles. The van der Waals surface area contributed by atoms with E-state index in [0.717, 1.165) is 25.6 Å². The average molecular weight is 254 g/mol. The Morgan fingerprint density at radius 1 is 1.39 bits per heavy atom. The van der Waals surface area contributed by atoms with Crippen molar-refractivity contribution in [1.29, 1.82) is 0 Å². The third kappa shape index (κ3) is 8.48. The summed E-state index contributed by atoms with van der Waals surface area (Å²) in [6.45, 7) is 11.8. The molecule has 2 heteroatoms. The molecular weight excluding hydrogens is 220 g/mol. The third-order valence-corrected chi connectivity index (χ3v) is 3.10. The van der Waals surface area contributed by atoms with E-state index in [4.69, 9.17) is 0 Å². The van der Waals surface area contributed by atoms with Crippen molar-refractivity contribution in [2.45, 2.75) is 53.0 Å². The number of hydrogen-bond acceptors (Lipinski definition) is 2. The van der Waals surface area contributed by atoms with Crippen molar-refractivity contribution in [2.75, 3.05) is 26.7 Å². The van der Waals surface area contributed by atoms with Crippen molar-refractivity contribution < 1.29 is 1.43 Å². The molecule has 0 saturated carbocycles. The van der Waals surface area contributed by atoms with Gasteiger partial charge in [-0.1, -0.05) is 37.6 Å². The summed E-state index contributed by atoms with van der Waals surface area (Å²) in [5.74, 6) is 0. The molecule has 0 aromatic carbocycles. The molecule has 1 aliphatic rings. The summed E-state index contributed by atoms with van der Waals surface area (Å²) in [6.07, 6.45) is 10.4. The van der Waals surface area contributed by atoms with Crippen LogP contribution in [0.2, 0.25) is 0 Å². The van der Waals surface area contributed by atoms with Gasteiger partial charge in [0.1, 0.15) is 0 Å². The van der Waals surface area contributed by atoms with Gasteiger partial charge in [-0.25, -0.2) is 0 Å². The molecule has 0 aliphatic carbocycles. The lowest BCUT2D eigenvalue weighted by Crippen LogP contribution is -2.35. The van der Waals surface area contributed by atoms with Crippen molar-refractivity contribution in [3.63, 3.8) is 0 Å². The highest BCUT2D eigenvalue weighted by Gasteiger charge is 2.19. The molecule has 1 N–H and O–H groups in total. The molecule has 1 fully saturated rings. The molecule has 18 heavy (non-hydrogen) atoms. The summed E-state index contributed by atoms with van der Waals surface area (Å²) in [4.78, 5) is 2.46. The summed E-state index contributed by atoms with van der Waals surface area (Å²) in [5.41, 5.74) is 1.36. The van der Waals surface area contributed by atoms with Crippen LogP contribution in [0.3, 0.4) is 0 Å². The topological polar surface area (TPSA) is 15.3 Å². The second-order valence-corrected chi connectivity index (χ2v) is 4.94. The molecule has 2 nitrogen and oxygen atoms in total. The van der Waals surface area contributed by atoms with Crippen LogP contribution in [0, 0.1) is 0 Å². The van der Waals surface area contributed by atoms with Crippen LogP contribution in [-0.2, 0) is 0 Å². The minimum Gasteiger partial charge on any atom is -0.315 e. The lowest BCUT2D eigenvalue weighted by molar-refractivity contribution is 0.301. The Balaban J connectivity index is 0. The molecule has 108 valence electrons. The van der Waals surface area contributed by atoms with E-state index in [9.17, 15) is 0 Å². The molecule has 0 bridgehead atoms. The van der Waals surface area contributed by atoms with Gasteiger partial charge in [0, 0.05) is 14.0 Å². The summed E-state index contributed by atoms with van der Waals surface area (Å²) >= 11 is 0. The predicted octanol–water partition coefficient (Wildman–Crippen LogP) is 3.85. The monoisotopic (exact) mass is 254 g/mol. The zero-order valence-corrected chi connectivity index (χ0v) is 13.0. The Labute approximate surface area is 116 Å². The smallest absolute Gasteiger partial charge is 0.0218 e. The third-order valence-electron chi connectivity index (χ3n) is 3.10. The van der Waals surface area contributed by atoms with E-state index in [1.54, 1.807) is 0 Å². The van der Waals surface area contributed by atoms with E-state index in [1.165, 1.54) is 25.0 Å². The van der Waals surface area contributed by atoms with Gasteiger partial charge in [-0.15, -0.1) is 0 Å². The van der Waals surface area contributed by atoms with Crippen LogP contribution >= 0.6 is 0 Å². The van der Waals surface area contributed by atoms with Crippen LogP contribution in [0.1, 0.15) is 48.4 Å². The van der Waals surface area contributed by atoms with Gasteiger partial charge in [0.25, 0.3) is 0 Å². The minimum atomic E-state index is 0. The van der Waals surface area contributed by atoms with Crippen LogP contribution < -0.4 is 5.32 Å². The fraction of sp³-hybridized carbons (Fsp3) is 0.750. The molecule has 1 unspecified atom stereocenters.